The summed E-state index contributed by atoms with van der Waals surface area (Å²) in [5.74, 6) is -0.747. The second kappa shape index (κ2) is 5.52. The number of hydrogen-bond donors (Lipinski definition) is 3. The Morgan fingerprint density at radius 1 is 1.42 bits per heavy atom. The molecule has 1 saturated carbocycles. The molecule has 0 atom stereocenters. The maximum Gasteiger partial charge on any atom is 0.354 e. The third-order valence-electron chi connectivity index (χ3n) is 3.69. The number of aryl methyl sites for hydroxylation is 1. The molecule has 0 spiro atoms. The molecule has 1 aliphatic carbocycles. The van der Waals surface area contributed by atoms with Crippen LogP contribution in [-0.2, 0) is 0 Å². The number of rotatable bonds is 5. The third kappa shape index (κ3) is 3.20. The number of carbonyl (C=O) groups is 1. The van der Waals surface area contributed by atoms with Crippen LogP contribution in [0.3, 0.4) is 0 Å². The van der Waals surface area contributed by atoms with Crippen molar-refractivity contribution in [2.45, 2.75) is 32.6 Å². The van der Waals surface area contributed by atoms with E-state index in [1.807, 2.05) is 0 Å². The zero-order valence-corrected chi connectivity index (χ0v) is 11.0. The Morgan fingerprint density at radius 2 is 2.11 bits per heavy atom. The Morgan fingerprint density at radius 3 is 2.68 bits per heavy atom. The van der Waals surface area contributed by atoms with Gasteiger partial charge in [-0.1, -0.05) is 12.8 Å². The molecule has 104 valence electrons. The molecule has 19 heavy (non-hydrogen) atoms. The van der Waals surface area contributed by atoms with Crippen molar-refractivity contribution in [1.29, 1.82) is 0 Å². The van der Waals surface area contributed by atoms with Crippen molar-refractivity contribution in [3.63, 3.8) is 0 Å². The maximum absolute atomic E-state index is 10.9. The molecule has 0 aromatic carbocycles. The molecule has 0 radical (unpaired) electrons. The number of anilines is 1. The molecule has 1 aromatic heterocycles. The predicted molar refractivity (Wildman–Crippen MR) is 70.2 cm³/mol. The summed E-state index contributed by atoms with van der Waals surface area (Å²) >= 11 is 0. The van der Waals surface area contributed by atoms with Crippen molar-refractivity contribution in [1.82, 2.24) is 9.97 Å². The number of aromatic nitrogens is 2. The number of aliphatic hydroxyl groups excluding tert-OH is 1. The lowest BCUT2D eigenvalue weighted by Crippen LogP contribution is -2.31. The van der Waals surface area contributed by atoms with Crippen LogP contribution in [-0.4, -0.2) is 39.3 Å². The first-order valence-electron chi connectivity index (χ1n) is 6.48. The van der Waals surface area contributed by atoms with Gasteiger partial charge in [0, 0.05) is 17.7 Å². The summed E-state index contributed by atoms with van der Waals surface area (Å²) in [5.41, 5.74) is 0.482. The van der Waals surface area contributed by atoms with E-state index >= 15 is 0 Å². The molecule has 6 nitrogen and oxygen atoms in total. The molecular formula is C13H19N3O3. The third-order valence-corrected chi connectivity index (χ3v) is 3.69. The average Bonchev–Trinajstić information content (AvgIpc) is 2.85. The molecule has 1 fully saturated rings. The van der Waals surface area contributed by atoms with Crippen LogP contribution in [0.5, 0.6) is 0 Å². The Bertz CT molecular complexity index is 470. The molecule has 0 aliphatic heterocycles. The molecule has 0 bridgehead atoms. The standard InChI is InChI=1S/C13H19N3O3/c1-9-6-10(11(18)19)16-12(15-9)14-7-13(8-17)4-2-3-5-13/h6,17H,2-5,7-8H2,1H3,(H,18,19)(H,14,15,16). The van der Waals surface area contributed by atoms with Gasteiger partial charge in [-0.05, 0) is 25.8 Å². The van der Waals surface area contributed by atoms with Crippen LogP contribution in [0.15, 0.2) is 6.07 Å². The monoisotopic (exact) mass is 265 g/mol. The molecule has 0 amide bonds. The minimum absolute atomic E-state index is 0.0144. The zero-order valence-electron chi connectivity index (χ0n) is 11.0. The van der Waals surface area contributed by atoms with Crippen LogP contribution >= 0.6 is 0 Å². The van der Waals surface area contributed by atoms with Crippen LogP contribution < -0.4 is 5.32 Å². The van der Waals surface area contributed by atoms with Gasteiger partial charge in [-0.3, -0.25) is 0 Å². The summed E-state index contributed by atoms with van der Waals surface area (Å²) in [4.78, 5) is 19.1. The lowest BCUT2D eigenvalue weighted by molar-refractivity contribution is 0.0690. The molecular weight excluding hydrogens is 246 g/mol. The Hall–Kier alpha value is -1.69. The number of nitrogens with one attached hydrogen (secondary N) is 1. The van der Waals surface area contributed by atoms with Crippen molar-refractivity contribution in [3.05, 3.63) is 17.5 Å². The van der Waals surface area contributed by atoms with Crippen molar-refractivity contribution in [2.75, 3.05) is 18.5 Å². The first kappa shape index (κ1) is 13.7. The van der Waals surface area contributed by atoms with Gasteiger partial charge in [-0.15, -0.1) is 0 Å². The molecule has 0 unspecified atom stereocenters. The Kier molecular flexibility index (Phi) is 3.99. The summed E-state index contributed by atoms with van der Waals surface area (Å²) in [6, 6.07) is 1.44. The first-order valence-corrected chi connectivity index (χ1v) is 6.48. The van der Waals surface area contributed by atoms with E-state index in [-0.39, 0.29) is 17.7 Å². The fraction of sp³-hybridized carbons (Fsp3) is 0.615. The van der Waals surface area contributed by atoms with Gasteiger partial charge in [-0.2, -0.15) is 0 Å². The number of carboxylic acid groups (broad SMARTS) is 1. The normalized spacial score (nSPS) is 17.4. The molecule has 1 aliphatic rings. The van der Waals surface area contributed by atoms with E-state index in [1.54, 1.807) is 6.92 Å². The topological polar surface area (TPSA) is 95.3 Å². The van der Waals surface area contributed by atoms with Crippen LogP contribution in [0.2, 0.25) is 0 Å². The fourth-order valence-corrected chi connectivity index (χ4v) is 2.54. The minimum atomic E-state index is -1.06. The summed E-state index contributed by atoms with van der Waals surface area (Å²) in [6.45, 7) is 2.44. The molecule has 1 heterocycles. The first-order chi connectivity index (χ1) is 9.04. The van der Waals surface area contributed by atoms with Crippen LogP contribution in [0, 0.1) is 12.3 Å². The van der Waals surface area contributed by atoms with Gasteiger partial charge in [-0.25, -0.2) is 14.8 Å². The maximum atomic E-state index is 10.9. The molecule has 3 N–H and O–H groups in total. The van der Waals surface area contributed by atoms with E-state index in [2.05, 4.69) is 15.3 Å². The van der Waals surface area contributed by atoms with Gasteiger partial charge in [0.1, 0.15) is 0 Å². The van der Waals surface area contributed by atoms with Gasteiger partial charge in [0.15, 0.2) is 5.69 Å². The van der Waals surface area contributed by atoms with Crippen LogP contribution in [0.25, 0.3) is 0 Å². The Labute approximate surface area is 111 Å². The van der Waals surface area contributed by atoms with E-state index in [9.17, 15) is 9.90 Å². The number of hydrogen-bond acceptors (Lipinski definition) is 5. The average molecular weight is 265 g/mol. The smallest absolute Gasteiger partial charge is 0.354 e. The highest BCUT2D eigenvalue weighted by Crippen LogP contribution is 2.37. The SMILES string of the molecule is Cc1cc(C(=O)O)nc(NCC2(CO)CCCC2)n1. The number of carboxylic acids is 1. The molecule has 0 saturated heterocycles. The zero-order chi connectivity index (χ0) is 13.9. The largest absolute Gasteiger partial charge is 0.477 e. The van der Waals surface area contributed by atoms with Crippen LogP contribution in [0.1, 0.15) is 41.9 Å². The van der Waals surface area contributed by atoms with Crippen molar-refractivity contribution in [3.8, 4) is 0 Å². The van der Waals surface area contributed by atoms with E-state index < -0.39 is 5.97 Å². The number of aromatic carboxylic acids is 1. The quantitative estimate of drug-likeness (QED) is 0.745. The van der Waals surface area contributed by atoms with Gasteiger partial charge in [0.2, 0.25) is 5.95 Å². The highest BCUT2D eigenvalue weighted by molar-refractivity contribution is 5.85. The predicted octanol–water partition coefficient (Wildman–Crippen LogP) is 1.45. The van der Waals surface area contributed by atoms with Gasteiger partial charge >= 0.3 is 5.97 Å². The minimum Gasteiger partial charge on any atom is -0.477 e. The summed E-state index contributed by atoms with van der Waals surface area (Å²) in [6.07, 6.45) is 4.21. The van der Waals surface area contributed by atoms with E-state index in [4.69, 9.17) is 5.11 Å². The lowest BCUT2D eigenvalue weighted by Gasteiger charge is -2.26. The van der Waals surface area contributed by atoms with Gasteiger partial charge in [0.25, 0.3) is 0 Å². The fourth-order valence-electron chi connectivity index (χ4n) is 2.54. The van der Waals surface area contributed by atoms with Gasteiger partial charge in [0.05, 0.1) is 6.61 Å². The summed E-state index contributed by atoms with van der Waals surface area (Å²) in [7, 11) is 0. The highest BCUT2D eigenvalue weighted by atomic mass is 16.4. The van der Waals surface area contributed by atoms with E-state index in [1.165, 1.54) is 6.07 Å². The lowest BCUT2D eigenvalue weighted by atomic mass is 9.87. The van der Waals surface area contributed by atoms with Crippen molar-refractivity contribution in [2.24, 2.45) is 5.41 Å². The van der Waals surface area contributed by atoms with Crippen molar-refractivity contribution >= 4 is 11.9 Å². The van der Waals surface area contributed by atoms with E-state index in [0.717, 1.165) is 25.7 Å². The Balaban J connectivity index is 2.08. The molecule has 2 rings (SSSR count). The highest BCUT2D eigenvalue weighted by Gasteiger charge is 2.33. The second-order valence-electron chi connectivity index (χ2n) is 5.24. The van der Waals surface area contributed by atoms with Gasteiger partial charge < -0.3 is 15.5 Å². The number of aliphatic hydroxyl groups is 1. The second-order valence-corrected chi connectivity index (χ2v) is 5.24. The van der Waals surface area contributed by atoms with Crippen LogP contribution in [0.4, 0.5) is 5.95 Å². The number of nitrogens with zero attached hydrogens (tertiary/aromatic N) is 2. The van der Waals surface area contributed by atoms with Crippen molar-refractivity contribution < 1.29 is 15.0 Å². The molecule has 6 heteroatoms. The van der Waals surface area contributed by atoms with E-state index in [0.29, 0.717) is 18.2 Å². The summed E-state index contributed by atoms with van der Waals surface area (Å²) in [5, 5.41) is 21.5. The summed E-state index contributed by atoms with van der Waals surface area (Å²) < 4.78 is 0. The molecule has 1 aromatic rings.